The van der Waals surface area contributed by atoms with Crippen LogP contribution < -0.4 is 9.47 Å². The van der Waals surface area contributed by atoms with E-state index in [1.807, 2.05) is 24.3 Å². The molecule has 98 valence electrons. The highest BCUT2D eigenvalue weighted by atomic mass is 16.5. The van der Waals surface area contributed by atoms with E-state index in [9.17, 15) is 5.11 Å². The van der Waals surface area contributed by atoms with Crippen LogP contribution in [0.5, 0.6) is 23.0 Å². The van der Waals surface area contributed by atoms with E-state index in [-0.39, 0.29) is 5.75 Å². The van der Waals surface area contributed by atoms with Crippen LogP contribution in [-0.2, 0) is 6.42 Å². The Morgan fingerprint density at radius 3 is 2.42 bits per heavy atom. The van der Waals surface area contributed by atoms with E-state index < -0.39 is 0 Å². The van der Waals surface area contributed by atoms with Crippen molar-refractivity contribution in [3.05, 3.63) is 60.7 Å². The largest absolute Gasteiger partial charge is 0.504 e. The van der Waals surface area contributed by atoms with E-state index in [4.69, 9.17) is 9.47 Å². The zero-order chi connectivity index (χ0) is 13.7. The minimum atomic E-state index is 0.133. The SMILES string of the molecule is C=CCc1cccc(Oc2ccccc2OC)c1O. The van der Waals surface area contributed by atoms with Gasteiger partial charge in [0.25, 0.3) is 0 Å². The summed E-state index contributed by atoms with van der Waals surface area (Å²) in [6, 6.07) is 12.7. The second-order valence-corrected chi connectivity index (χ2v) is 4.01. The Morgan fingerprint density at radius 1 is 1.05 bits per heavy atom. The van der Waals surface area contributed by atoms with Crippen molar-refractivity contribution in [1.82, 2.24) is 0 Å². The van der Waals surface area contributed by atoms with Gasteiger partial charge in [-0.05, 0) is 24.6 Å². The molecule has 3 nitrogen and oxygen atoms in total. The number of allylic oxidation sites excluding steroid dienone is 1. The molecule has 0 saturated heterocycles. The summed E-state index contributed by atoms with van der Waals surface area (Å²) in [4.78, 5) is 0. The third-order valence-electron chi connectivity index (χ3n) is 2.74. The van der Waals surface area contributed by atoms with Crippen molar-refractivity contribution < 1.29 is 14.6 Å². The lowest BCUT2D eigenvalue weighted by molar-refractivity contribution is 0.365. The molecule has 0 saturated carbocycles. The maximum Gasteiger partial charge on any atom is 0.169 e. The second kappa shape index (κ2) is 5.96. The first-order valence-corrected chi connectivity index (χ1v) is 5.99. The first-order valence-electron chi connectivity index (χ1n) is 5.99. The van der Waals surface area contributed by atoms with Gasteiger partial charge in [0, 0.05) is 5.56 Å². The van der Waals surface area contributed by atoms with Gasteiger partial charge in [0.05, 0.1) is 7.11 Å². The van der Waals surface area contributed by atoms with Gasteiger partial charge in [-0.1, -0.05) is 30.3 Å². The molecule has 0 atom stereocenters. The molecular formula is C16H16O3. The smallest absolute Gasteiger partial charge is 0.169 e. The highest BCUT2D eigenvalue weighted by Crippen LogP contribution is 2.37. The number of hydrogen-bond donors (Lipinski definition) is 1. The van der Waals surface area contributed by atoms with Crippen LogP contribution in [0.1, 0.15) is 5.56 Å². The summed E-state index contributed by atoms with van der Waals surface area (Å²) < 4.78 is 10.9. The molecule has 0 heterocycles. The Hall–Kier alpha value is -2.42. The lowest BCUT2D eigenvalue weighted by Crippen LogP contribution is -1.92. The summed E-state index contributed by atoms with van der Waals surface area (Å²) in [7, 11) is 1.58. The molecule has 0 aromatic heterocycles. The molecule has 0 fully saturated rings. The quantitative estimate of drug-likeness (QED) is 0.824. The summed E-state index contributed by atoms with van der Waals surface area (Å²) in [5.41, 5.74) is 0.780. The Bertz CT molecular complexity index is 576. The molecule has 0 bridgehead atoms. The van der Waals surface area contributed by atoms with Gasteiger partial charge in [0.1, 0.15) is 0 Å². The highest BCUT2D eigenvalue weighted by molar-refractivity contribution is 5.50. The van der Waals surface area contributed by atoms with E-state index in [0.29, 0.717) is 23.7 Å². The molecule has 2 rings (SSSR count). The molecule has 0 unspecified atom stereocenters. The van der Waals surface area contributed by atoms with Crippen LogP contribution >= 0.6 is 0 Å². The molecule has 19 heavy (non-hydrogen) atoms. The van der Waals surface area contributed by atoms with E-state index in [2.05, 4.69) is 6.58 Å². The first-order chi connectivity index (χ1) is 9.26. The first kappa shape index (κ1) is 13.0. The lowest BCUT2D eigenvalue weighted by atomic mass is 10.1. The van der Waals surface area contributed by atoms with Crippen molar-refractivity contribution in [2.24, 2.45) is 0 Å². The third-order valence-corrected chi connectivity index (χ3v) is 2.74. The zero-order valence-corrected chi connectivity index (χ0v) is 10.8. The third kappa shape index (κ3) is 2.88. The van der Waals surface area contributed by atoms with Gasteiger partial charge in [0.2, 0.25) is 0 Å². The van der Waals surface area contributed by atoms with Gasteiger partial charge in [0.15, 0.2) is 23.0 Å². The van der Waals surface area contributed by atoms with E-state index >= 15 is 0 Å². The Morgan fingerprint density at radius 2 is 1.74 bits per heavy atom. The molecule has 0 radical (unpaired) electrons. The number of hydrogen-bond acceptors (Lipinski definition) is 3. The normalized spacial score (nSPS) is 9.95. The minimum absolute atomic E-state index is 0.133. The van der Waals surface area contributed by atoms with E-state index in [1.165, 1.54) is 0 Å². The van der Waals surface area contributed by atoms with Crippen molar-refractivity contribution >= 4 is 0 Å². The number of benzene rings is 2. The molecule has 0 amide bonds. The summed E-state index contributed by atoms with van der Waals surface area (Å²) in [6.45, 7) is 3.67. The van der Waals surface area contributed by atoms with Crippen LogP contribution in [0.25, 0.3) is 0 Å². The lowest BCUT2D eigenvalue weighted by Gasteiger charge is -2.12. The average molecular weight is 256 g/mol. The van der Waals surface area contributed by atoms with Crippen molar-refractivity contribution in [1.29, 1.82) is 0 Å². The average Bonchev–Trinajstić information content (AvgIpc) is 2.44. The molecule has 3 heteroatoms. The number of phenolic OH excluding ortho intramolecular Hbond substituents is 1. The Balaban J connectivity index is 2.33. The van der Waals surface area contributed by atoms with Crippen LogP contribution in [0.4, 0.5) is 0 Å². The predicted octanol–water partition coefficient (Wildman–Crippen LogP) is 3.92. The Labute approximate surface area is 112 Å². The molecule has 2 aromatic carbocycles. The van der Waals surface area contributed by atoms with Crippen LogP contribution in [-0.4, -0.2) is 12.2 Å². The van der Waals surface area contributed by atoms with Crippen molar-refractivity contribution in [3.63, 3.8) is 0 Å². The summed E-state index contributed by atoms with van der Waals surface area (Å²) >= 11 is 0. The van der Waals surface area contributed by atoms with Crippen molar-refractivity contribution in [2.45, 2.75) is 6.42 Å². The van der Waals surface area contributed by atoms with Gasteiger partial charge < -0.3 is 14.6 Å². The molecule has 0 aliphatic heterocycles. The number of phenols is 1. The van der Waals surface area contributed by atoms with Gasteiger partial charge in [-0.25, -0.2) is 0 Å². The molecule has 0 aliphatic carbocycles. The van der Waals surface area contributed by atoms with Crippen molar-refractivity contribution in [2.75, 3.05) is 7.11 Å². The van der Waals surface area contributed by atoms with E-state index in [1.54, 1.807) is 31.4 Å². The Kier molecular flexibility index (Phi) is 4.08. The molecule has 1 N–H and O–H groups in total. The second-order valence-electron chi connectivity index (χ2n) is 4.01. The summed E-state index contributed by atoms with van der Waals surface area (Å²) in [6.07, 6.45) is 2.33. The fourth-order valence-electron chi connectivity index (χ4n) is 1.79. The summed E-state index contributed by atoms with van der Waals surface area (Å²) in [5.74, 6) is 1.73. The number of ether oxygens (including phenoxy) is 2. The van der Waals surface area contributed by atoms with Crippen LogP contribution in [0.15, 0.2) is 55.1 Å². The van der Waals surface area contributed by atoms with Gasteiger partial charge in [-0.15, -0.1) is 6.58 Å². The predicted molar refractivity (Wildman–Crippen MR) is 75.1 cm³/mol. The monoisotopic (exact) mass is 256 g/mol. The van der Waals surface area contributed by atoms with Gasteiger partial charge >= 0.3 is 0 Å². The molecule has 2 aromatic rings. The summed E-state index contributed by atoms with van der Waals surface area (Å²) in [5, 5.41) is 10.1. The number of rotatable bonds is 5. The fraction of sp³-hybridized carbons (Fsp3) is 0.125. The highest BCUT2D eigenvalue weighted by Gasteiger charge is 2.10. The fourth-order valence-corrected chi connectivity index (χ4v) is 1.79. The van der Waals surface area contributed by atoms with Crippen LogP contribution in [0.3, 0.4) is 0 Å². The van der Waals surface area contributed by atoms with Gasteiger partial charge in [-0.2, -0.15) is 0 Å². The van der Waals surface area contributed by atoms with Crippen LogP contribution in [0, 0.1) is 0 Å². The maximum absolute atomic E-state index is 10.1. The number of aromatic hydroxyl groups is 1. The standard InChI is InChI=1S/C16H16O3/c1-3-7-12-8-6-11-15(16(12)17)19-14-10-5-4-9-13(14)18-2/h3-6,8-11,17H,1,7H2,2H3. The molecule has 0 spiro atoms. The minimum Gasteiger partial charge on any atom is -0.504 e. The topological polar surface area (TPSA) is 38.7 Å². The number of methoxy groups -OCH3 is 1. The molecular weight excluding hydrogens is 240 g/mol. The molecule has 0 aliphatic rings. The zero-order valence-electron chi connectivity index (χ0n) is 10.8. The van der Waals surface area contributed by atoms with Gasteiger partial charge in [-0.3, -0.25) is 0 Å². The van der Waals surface area contributed by atoms with Crippen molar-refractivity contribution in [3.8, 4) is 23.0 Å². The van der Waals surface area contributed by atoms with E-state index in [0.717, 1.165) is 5.56 Å². The van der Waals surface area contributed by atoms with Crippen LogP contribution in [0.2, 0.25) is 0 Å². The maximum atomic E-state index is 10.1. The number of para-hydroxylation sites is 3.